The van der Waals surface area contributed by atoms with Crippen LogP contribution < -0.4 is 4.90 Å². The first kappa shape index (κ1) is 19.1. The zero-order valence-corrected chi connectivity index (χ0v) is 17.3. The van der Waals surface area contributed by atoms with Crippen LogP contribution in [0.25, 0.3) is 10.8 Å². The highest BCUT2D eigenvalue weighted by molar-refractivity contribution is 6.30. The van der Waals surface area contributed by atoms with Gasteiger partial charge in [-0.15, -0.1) is 0 Å². The lowest BCUT2D eigenvalue weighted by Crippen LogP contribution is -2.55. The second-order valence-corrected chi connectivity index (χ2v) is 8.65. The number of anilines is 1. The predicted octanol–water partition coefficient (Wildman–Crippen LogP) is 5.11. The zero-order chi connectivity index (χ0) is 20.7. The van der Waals surface area contributed by atoms with E-state index in [-0.39, 0.29) is 0 Å². The van der Waals surface area contributed by atoms with Crippen LogP contribution >= 0.6 is 11.6 Å². The predicted molar refractivity (Wildman–Crippen MR) is 120 cm³/mol. The number of likely N-dealkylation sites (tertiary alicyclic amines) is 1. The molecule has 1 amide bonds. The van der Waals surface area contributed by atoms with E-state index in [0.717, 1.165) is 25.9 Å². The topological polar surface area (TPSA) is 47.3 Å². The fraction of sp³-hybridized carbons (Fsp3) is 0.280. The summed E-state index contributed by atoms with van der Waals surface area (Å²) >= 11 is 6.00. The summed E-state index contributed by atoms with van der Waals surface area (Å²) in [6.45, 7) is 1.56. The van der Waals surface area contributed by atoms with Crippen LogP contribution in [0.1, 0.15) is 30.0 Å². The molecule has 4 nitrogen and oxygen atoms in total. The van der Waals surface area contributed by atoms with Crippen LogP contribution in [0.4, 0.5) is 5.69 Å². The Morgan fingerprint density at radius 1 is 1.07 bits per heavy atom. The van der Waals surface area contributed by atoms with Gasteiger partial charge in [-0.1, -0.05) is 48.0 Å². The van der Waals surface area contributed by atoms with Gasteiger partial charge < -0.3 is 0 Å². The van der Waals surface area contributed by atoms with Crippen molar-refractivity contribution in [1.29, 1.82) is 5.26 Å². The fourth-order valence-electron chi connectivity index (χ4n) is 5.16. The first-order valence-electron chi connectivity index (χ1n) is 10.3. The van der Waals surface area contributed by atoms with Crippen molar-refractivity contribution >= 4 is 34.5 Å². The molecule has 1 atom stereocenters. The van der Waals surface area contributed by atoms with E-state index in [1.807, 2.05) is 0 Å². The summed E-state index contributed by atoms with van der Waals surface area (Å²) in [7, 11) is 0. The van der Waals surface area contributed by atoms with Crippen LogP contribution in [0, 0.1) is 11.3 Å². The van der Waals surface area contributed by atoms with Gasteiger partial charge in [0.25, 0.3) is 0 Å². The van der Waals surface area contributed by atoms with Crippen LogP contribution in [-0.4, -0.2) is 29.9 Å². The molecule has 1 heterocycles. The minimum atomic E-state index is -0.830. The van der Waals surface area contributed by atoms with Gasteiger partial charge >= 0.3 is 0 Å². The Kier molecular flexibility index (Phi) is 4.73. The largest absolute Gasteiger partial charge is 0.296 e. The molecule has 5 rings (SSSR count). The molecule has 0 aromatic heterocycles. The van der Waals surface area contributed by atoms with Crippen molar-refractivity contribution in [3.63, 3.8) is 0 Å². The normalized spacial score (nSPS) is 20.1. The van der Waals surface area contributed by atoms with Gasteiger partial charge in [0.1, 0.15) is 5.54 Å². The maximum absolute atomic E-state index is 12.0. The van der Waals surface area contributed by atoms with E-state index in [1.54, 1.807) is 29.2 Å². The van der Waals surface area contributed by atoms with E-state index >= 15 is 0 Å². The van der Waals surface area contributed by atoms with Crippen LogP contribution in [0.15, 0.2) is 60.7 Å². The Morgan fingerprint density at radius 3 is 2.43 bits per heavy atom. The van der Waals surface area contributed by atoms with Gasteiger partial charge in [-0.05, 0) is 65.4 Å². The number of amides is 1. The average molecular weight is 416 g/mol. The van der Waals surface area contributed by atoms with Crippen molar-refractivity contribution in [2.75, 3.05) is 18.0 Å². The van der Waals surface area contributed by atoms with Crippen LogP contribution in [0.2, 0.25) is 5.02 Å². The molecule has 30 heavy (non-hydrogen) atoms. The maximum atomic E-state index is 12.0. The highest BCUT2D eigenvalue weighted by atomic mass is 35.5. The number of hydrogen-bond acceptors (Lipinski definition) is 3. The smallest absolute Gasteiger partial charge is 0.215 e. The molecule has 1 aliphatic carbocycles. The van der Waals surface area contributed by atoms with E-state index in [1.165, 1.54) is 21.9 Å². The minimum Gasteiger partial charge on any atom is -0.296 e. The Bertz CT molecular complexity index is 1140. The summed E-state index contributed by atoms with van der Waals surface area (Å²) in [6.07, 6.45) is 3.03. The SMILES string of the molecule is N#CC1(N(C=O)c2ccc(Cl)cc2)CCN(C2Cc3cccc4cccc2c34)CC1. The Balaban J connectivity index is 1.39. The number of halogens is 1. The van der Waals surface area contributed by atoms with Crippen LogP contribution in [0.5, 0.6) is 0 Å². The summed E-state index contributed by atoms with van der Waals surface area (Å²) in [4.78, 5) is 16.1. The minimum absolute atomic E-state index is 0.336. The molecule has 0 bridgehead atoms. The lowest BCUT2D eigenvalue weighted by atomic mass is 9.85. The average Bonchev–Trinajstić information content (AvgIpc) is 3.17. The quantitative estimate of drug-likeness (QED) is 0.556. The highest BCUT2D eigenvalue weighted by Crippen LogP contribution is 2.42. The van der Waals surface area contributed by atoms with E-state index in [0.29, 0.717) is 29.6 Å². The highest BCUT2D eigenvalue weighted by Gasteiger charge is 2.43. The zero-order valence-electron chi connectivity index (χ0n) is 16.6. The second kappa shape index (κ2) is 7.43. The van der Waals surface area contributed by atoms with E-state index in [9.17, 15) is 10.1 Å². The summed E-state index contributed by atoms with van der Waals surface area (Å²) in [5.74, 6) is 0. The van der Waals surface area contributed by atoms with Gasteiger partial charge in [0, 0.05) is 29.8 Å². The van der Waals surface area contributed by atoms with Gasteiger partial charge in [0.2, 0.25) is 6.41 Å². The summed E-state index contributed by atoms with van der Waals surface area (Å²) < 4.78 is 0. The number of benzene rings is 3. The molecule has 1 unspecified atom stereocenters. The Hall–Kier alpha value is -2.87. The van der Waals surface area contributed by atoms with Gasteiger partial charge in [-0.25, -0.2) is 0 Å². The number of hydrogen-bond donors (Lipinski definition) is 0. The number of nitriles is 1. The number of carbonyl (C=O) groups excluding carboxylic acids is 1. The van der Waals surface area contributed by atoms with Crippen molar-refractivity contribution in [3.8, 4) is 6.07 Å². The molecule has 1 aliphatic heterocycles. The Labute approximate surface area is 181 Å². The molecule has 0 saturated carbocycles. The summed E-state index contributed by atoms with van der Waals surface area (Å²) in [5, 5.41) is 13.4. The molecule has 3 aromatic carbocycles. The monoisotopic (exact) mass is 415 g/mol. The molecule has 0 spiro atoms. The van der Waals surface area contributed by atoms with Crippen molar-refractivity contribution in [3.05, 3.63) is 76.8 Å². The van der Waals surface area contributed by atoms with Crippen molar-refractivity contribution < 1.29 is 4.79 Å². The maximum Gasteiger partial charge on any atom is 0.215 e. The molecule has 1 fully saturated rings. The third kappa shape index (κ3) is 2.98. The van der Waals surface area contributed by atoms with Gasteiger partial charge in [-0.2, -0.15) is 5.26 Å². The van der Waals surface area contributed by atoms with E-state index in [2.05, 4.69) is 47.4 Å². The van der Waals surface area contributed by atoms with Gasteiger partial charge in [0.05, 0.1) is 6.07 Å². The molecule has 0 radical (unpaired) electrons. The van der Waals surface area contributed by atoms with Crippen LogP contribution in [0.3, 0.4) is 0 Å². The fourth-order valence-corrected chi connectivity index (χ4v) is 5.29. The first-order chi connectivity index (χ1) is 14.6. The number of piperidine rings is 1. The lowest BCUT2D eigenvalue weighted by Gasteiger charge is -2.44. The molecule has 2 aliphatic rings. The third-order valence-electron chi connectivity index (χ3n) is 6.74. The van der Waals surface area contributed by atoms with Crippen molar-refractivity contribution in [1.82, 2.24) is 4.90 Å². The second-order valence-electron chi connectivity index (χ2n) is 8.21. The molecular formula is C25H22ClN3O. The van der Waals surface area contributed by atoms with Crippen molar-refractivity contribution in [2.45, 2.75) is 30.8 Å². The molecule has 5 heteroatoms. The molecular weight excluding hydrogens is 394 g/mol. The summed E-state index contributed by atoms with van der Waals surface area (Å²) in [6, 6.07) is 23.0. The third-order valence-corrected chi connectivity index (χ3v) is 6.99. The Morgan fingerprint density at radius 2 is 1.77 bits per heavy atom. The van der Waals surface area contributed by atoms with Crippen LogP contribution in [-0.2, 0) is 11.2 Å². The van der Waals surface area contributed by atoms with Gasteiger partial charge in [0.15, 0.2) is 0 Å². The lowest BCUT2D eigenvalue weighted by molar-refractivity contribution is -0.108. The number of carbonyl (C=O) groups is 1. The first-order valence-corrected chi connectivity index (χ1v) is 10.7. The van der Waals surface area contributed by atoms with Crippen molar-refractivity contribution in [2.24, 2.45) is 0 Å². The summed E-state index contributed by atoms with van der Waals surface area (Å²) in [5.41, 5.74) is 2.67. The molecule has 3 aromatic rings. The van der Waals surface area contributed by atoms with E-state index in [4.69, 9.17) is 11.6 Å². The molecule has 150 valence electrons. The molecule has 0 N–H and O–H groups in total. The standard InChI is InChI=1S/C25H22ClN3O/c26-20-7-9-21(10-8-20)29(17-30)25(16-27)11-13-28(14-12-25)23-15-19-5-1-3-18-4-2-6-22(23)24(18)19/h1-10,17,23H,11-15H2. The van der Waals surface area contributed by atoms with Gasteiger partial charge in [-0.3, -0.25) is 14.6 Å². The number of rotatable bonds is 4. The molecule has 1 saturated heterocycles. The van der Waals surface area contributed by atoms with E-state index < -0.39 is 5.54 Å². The number of nitrogens with zero attached hydrogens (tertiary/aromatic N) is 3.